The average molecular weight is 300 g/mol. The lowest BCUT2D eigenvalue weighted by Crippen LogP contribution is -2.29. The highest BCUT2D eigenvalue weighted by Crippen LogP contribution is 2.27. The molecule has 0 radical (unpaired) electrons. The zero-order chi connectivity index (χ0) is 14.3. The Morgan fingerprint density at radius 1 is 0.947 bits per heavy atom. The van der Waals surface area contributed by atoms with Gasteiger partial charge in [-0.15, -0.1) is 4.13 Å². The van der Waals surface area contributed by atoms with Crippen molar-refractivity contribution >= 4 is 36.5 Å². The van der Waals surface area contributed by atoms with E-state index in [4.69, 9.17) is 5.73 Å². The molecule has 2 aromatic carbocycles. The molecule has 6 nitrogen and oxygen atoms in total. The second kappa shape index (κ2) is 4.48. The Balaban J connectivity index is 2.74. The first-order valence-electron chi connectivity index (χ1n) is 5.21. The molecule has 3 N–H and O–H groups in total. The maximum atomic E-state index is 12.0. The summed E-state index contributed by atoms with van der Waals surface area (Å²) >= 11 is 0. The van der Waals surface area contributed by atoms with Gasteiger partial charge >= 0.3 is 0 Å². The Bertz CT molecular complexity index is 842. The number of hydrogen-bond acceptors (Lipinski definition) is 5. The summed E-state index contributed by atoms with van der Waals surface area (Å²) in [6.45, 7) is 0. The average Bonchev–Trinajstić information content (AvgIpc) is 2.26. The van der Waals surface area contributed by atoms with Crippen LogP contribution in [0.15, 0.2) is 41.3 Å². The zero-order valence-corrected chi connectivity index (χ0v) is 11.6. The number of sulfonamides is 2. The maximum Gasteiger partial charge on any atom is 0.254 e. The Morgan fingerprint density at radius 2 is 1.53 bits per heavy atom. The van der Waals surface area contributed by atoms with E-state index in [2.05, 4.69) is 0 Å². The number of hydrogen-bond donors (Lipinski definition) is 2. The quantitative estimate of drug-likeness (QED) is 0.810. The van der Waals surface area contributed by atoms with E-state index in [-0.39, 0.29) is 4.90 Å². The summed E-state index contributed by atoms with van der Waals surface area (Å²) in [5.41, 5.74) is 6.19. The van der Waals surface area contributed by atoms with E-state index in [0.717, 1.165) is 6.26 Å². The zero-order valence-electron chi connectivity index (χ0n) is 9.99. The number of rotatable bonds is 3. The summed E-state index contributed by atoms with van der Waals surface area (Å²) < 4.78 is 47.9. The molecule has 0 fully saturated rings. The minimum atomic E-state index is -4.15. The Labute approximate surface area is 111 Å². The van der Waals surface area contributed by atoms with Crippen LogP contribution in [0, 0.1) is 0 Å². The number of anilines is 1. The minimum Gasteiger partial charge on any atom is -0.398 e. The second-order valence-electron chi connectivity index (χ2n) is 4.06. The number of benzene rings is 2. The van der Waals surface area contributed by atoms with Crippen LogP contribution in [-0.2, 0) is 20.0 Å². The fourth-order valence-corrected chi connectivity index (χ4v) is 4.44. The lowest BCUT2D eigenvalue weighted by Gasteiger charge is -2.09. The van der Waals surface area contributed by atoms with E-state index in [1.54, 1.807) is 28.4 Å². The van der Waals surface area contributed by atoms with Gasteiger partial charge in [0.05, 0.1) is 11.2 Å². The van der Waals surface area contributed by atoms with Gasteiger partial charge in [0.2, 0.25) is 10.0 Å². The molecule has 102 valence electrons. The topological polar surface area (TPSA) is 106 Å². The molecule has 0 saturated carbocycles. The third-order valence-electron chi connectivity index (χ3n) is 2.47. The normalized spacial score (nSPS) is 12.7. The maximum absolute atomic E-state index is 12.0. The third-order valence-corrected chi connectivity index (χ3v) is 5.49. The lowest BCUT2D eigenvalue weighted by atomic mass is 10.1. The van der Waals surface area contributed by atoms with Gasteiger partial charge in [0.1, 0.15) is 0 Å². The predicted molar refractivity (Wildman–Crippen MR) is 73.5 cm³/mol. The van der Waals surface area contributed by atoms with Gasteiger partial charge in [-0.3, -0.25) is 0 Å². The number of nitrogens with one attached hydrogen (secondary N) is 1. The molecule has 0 atom stereocenters. The van der Waals surface area contributed by atoms with Crippen molar-refractivity contribution in [2.45, 2.75) is 4.90 Å². The standard InChI is InChI=1S/C11H12N2O4S2/c1-18(14,15)13-19(16,17)11-7-6-10(12)8-4-2-3-5-9(8)11/h2-7,13H,12H2,1H3. The molecule has 0 unspecified atom stereocenters. The van der Waals surface area contributed by atoms with Crippen molar-refractivity contribution in [2.75, 3.05) is 12.0 Å². The van der Waals surface area contributed by atoms with Gasteiger partial charge in [-0.05, 0) is 12.1 Å². The van der Waals surface area contributed by atoms with E-state index in [9.17, 15) is 16.8 Å². The van der Waals surface area contributed by atoms with Gasteiger partial charge < -0.3 is 5.73 Å². The first-order chi connectivity index (χ1) is 8.71. The van der Waals surface area contributed by atoms with E-state index >= 15 is 0 Å². The number of nitrogens with two attached hydrogens (primary N) is 1. The van der Waals surface area contributed by atoms with Gasteiger partial charge in [-0.25, -0.2) is 16.8 Å². The van der Waals surface area contributed by atoms with Gasteiger partial charge in [0, 0.05) is 16.5 Å². The van der Waals surface area contributed by atoms with Crippen LogP contribution in [0.2, 0.25) is 0 Å². The van der Waals surface area contributed by atoms with Crippen molar-refractivity contribution in [1.29, 1.82) is 0 Å². The molecule has 0 aliphatic rings. The minimum absolute atomic E-state index is 0.122. The molecule has 0 saturated heterocycles. The van der Waals surface area contributed by atoms with Gasteiger partial charge in [0.25, 0.3) is 10.0 Å². The highest BCUT2D eigenvalue weighted by atomic mass is 32.3. The third kappa shape index (κ3) is 2.86. The fourth-order valence-electron chi connectivity index (χ4n) is 1.77. The van der Waals surface area contributed by atoms with Crippen molar-refractivity contribution in [2.24, 2.45) is 0 Å². The monoisotopic (exact) mass is 300 g/mol. The Kier molecular flexibility index (Phi) is 3.25. The lowest BCUT2D eigenvalue weighted by molar-refractivity contribution is 0.580. The Morgan fingerprint density at radius 3 is 2.11 bits per heavy atom. The molecule has 2 aromatic rings. The Hall–Kier alpha value is -1.64. The molecule has 0 amide bonds. The molecule has 0 aliphatic heterocycles. The summed E-state index contributed by atoms with van der Waals surface area (Å²) in [6, 6.07) is 9.33. The van der Waals surface area contributed by atoms with Crippen molar-refractivity contribution in [1.82, 2.24) is 4.13 Å². The summed E-state index contributed by atoms with van der Waals surface area (Å²) in [6.07, 6.45) is 0.782. The molecule has 0 spiro atoms. The van der Waals surface area contributed by atoms with E-state index in [1.165, 1.54) is 12.1 Å². The number of nitrogen functional groups attached to an aromatic ring is 1. The second-order valence-corrected chi connectivity index (χ2v) is 7.72. The van der Waals surface area contributed by atoms with E-state index < -0.39 is 20.0 Å². The van der Waals surface area contributed by atoms with E-state index in [0.29, 0.717) is 16.5 Å². The van der Waals surface area contributed by atoms with Crippen LogP contribution < -0.4 is 9.86 Å². The SMILES string of the molecule is CS(=O)(=O)NS(=O)(=O)c1ccc(N)c2ccccc12. The van der Waals surface area contributed by atoms with Gasteiger partial charge in [-0.2, -0.15) is 0 Å². The molecular formula is C11H12N2O4S2. The van der Waals surface area contributed by atoms with E-state index in [1.807, 2.05) is 0 Å². The van der Waals surface area contributed by atoms with Crippen LogP contribution in [0.25, 0.3) is 10.8 Å². The summed E-state index contributed by atoms with van der Waals surface area (Å²) in [7, 11) is -8.03. The van der Waals surface area contributed by atoms with Crippen LogP contribution in [0.1, 0.15) is 0 Å². The largest absolute Gasteiger partial charge is 0.398 e. The van der Waals surface area contributed by atoms with Crippen LogP contribution >= 0.6 is 0 Å². The van der Waals surface area contributed by atoms with Crippen molar-refractivity contribution in [3.63, 3.8) is 0 Å². The molecule has 8 heteroatoms. The van der Waals surface area contributed by atoms with Crippen LogP contribution in [0.4, 0.5) is 5.69 Å². The molecule has 0 heterocycles. The summed E-state index contributed by atoms with van der Waals surface area (Å²) in [4.78, 5) is -0.122. The highest BCUT2D eigenvalue weighted by molar-refractivity contribution is 8.04. The fraction of sp³-hybridized carbons (Fsp3) is 0.0909. The predicted octanol–water partition coefficient (Wildman–Crippen LogP) is 0.660. The van der Waals surface area contributed by atoms with Crippen molar-refractivity contribution in [3.8, 4) is 0 Å². The molecule has 19 heavy (non-hydrogen) atoms. The van der Waals surface area contributed by atoms with Gasteiger partial charge in [-0.1, -0.05) is 24.3 Å². The van der Waals surface area contributed by atoms with Crippen molar-refractivity contribution < 1.29 is 16.8 Å². The molecular weight excluding hydrogens is 288 g/mol. The van der Waals surface area contributed by atoms with Crippen molar-refractivity contribution in [3.05, 3.63) is 36.4 Å². The van der Waals surface area contributed by atoms with Gasteiger partial charge in [0.15, 0.2) is 0 Å². The van der Waals surface area contributed by atoms with Crippen LogP contribution in [0.5, 0.6) is 0 Å². The molecule has 0 aromatic heterocycles. The van der Waals surface area contributed by atoms with Crippen LogP contribution in [-0.4, -0.2) is 23.1 Å². The smallest absolute Gasteiger partial charge is 0.254 e. The molecule has 0 bridgehead atoms. The first-order valence-corrected chi connectivity index (χ1v) is 8.59. The molecule has 0 aliphatic carbocycles. The van der Waals surface area contributed by atoms with Crippen LogP contribution in [0.3, 0.4) is 0 Å². The number of fused-ring (bicyclic) bond motifs is 1. The summed E-state index contributed by atoms with van der Waals surface area (Å²) in [5, 5.41) is 0.928. The molecule has 2 rings (SSSR count). The highest BCUT2D eigenvalue weighted by Gasteiger charge is 2.22. The summed E-state index contributed by atoms with van der Waals surface area (Å²) in [5.74, 6) is 0. The first kappa shape index (κ1) is 13.8.